The monoisotopic (exact) mass is 192 g/mol. The smallest absolute Gasteiger partial charge is 0.385 e. The molecule has 0 spiro atoms. The summed E-state index contributed by atoms with van der Waals surface area (Å²) in [4.78, 5) is 12.5. The van der Waals surface area contributed by atoms with Gasteiger partial charge < -0.3 is 9.90 Å². The van der Waals surface area contributed by atoms with E-state index in [1.54, 1.807) is 19.1 Å². The van der Waals surface area contributed by atoms with Crippen molar-refractivity contribution in [2.75, 3.05) is 0 Å². The van der Waals surface area contributed by atoms with Gasteiger partial charge in [-0.25, -0.2) is 0 Å². The Morgan fingerprint density at radius 3 is 2.21 bits per heavy atom. The summed E-state index contributed by atoms with van der Waals surface area (Å²) in [5.74, 6) is -0.961. The highest BCUT2D eigenvalue weighted by Crippen LogP contribution is 2.07. The molecule has 0 saturated carbocycles. The van der Waals surface area contributed by atoms with Crippen LogP contribution >= 0.6 is 0 Å². The summed E-state index contributed by atoms with van der Waals surface area (Å²) < 4.78 is 0. The molecule has 0 N–H and O–H groups in total. The molecule has 74 valence electrons. The molecule has 1 aromatic carbocycles. The Morgan fingerprint density at radius 1 is 1.43 bits per heavy atom. The van der Waals surface area contributed by atoms with E-state index in [1.165, 1.54) is 0 Å². The molecule has 0 atom stereocenters. The Kier molecular flexibility index (Phi) is 6.70. The Hall–Kier alpha value is -1.89. The average Bonchev–Trinajstić information content (AvgIpc) is 2.20. The SMILES string of the molecule is CCCC(=O)[O-].N#[N+]c1ccccc1. The highest BCUT2D eigenvalue weighted by molar-refractivity contribution is 5.63. The normalized spacial score (nSPS) is 8.00. The third-order valence-corrected chi connectivity index (χ3v) is 1.33. The standard InChI is InChI=1S/C6H5N2.C4H8O2/c7-8-6-4-2-1-3-5-6;1-2-3-4(5)6/h1-5H;2-3H2,1H3,(H,5,6)/q+1;/p-1. The minimum absolute atomic E-state index is 0.181. The first-order valence-corrected chi connectivity index (χ1v) is 4.30. The molecular weight excluding hydrogens is 180 g/mol. The van der Waals surface area contributed by atoms with Crippen molar-refractivity contribution in [3.8, 4) is 0 Å². The Bertz CT molecular complexity index is 304. The van der Waals surface area contributed by atoms with Crippen molar-refractivity contribution < 1.29 is 9.90 Å². The van der Waals surface area contributed by atoms with Crippen molar-refractivity contribution >= 4 is 11.7 Å². The largest absolute Gasteiger partial charge is 0.550 e. The maximum Gasteiger partial charge on any atom is 0.385 e. The Labute approximate surface area is 82.8 Å². The van der Waals surface area contributed by atoms with Crippen molar-refractivity contribution in [1.29, 1.82) is 5.39 Å². The van der Waals surface area contributed by atoms with Crippen LogP contribution in [0.15, 0.2) is 30.3 Å². The fourth-order valence-electron chi connectivity index (χ4n) is 0.699. The molecule has 0 fully saturated rings. The number of carboxylic acids is 1. The van der Waals surface area contributed by atoms with Crippen molar-refractivity contribution in [3.63, 3.8) is 0 Å². The zero-order valence-corrected chi connectivity index (χ0v) is 8.01. The summed E-state index contributed by atoms with van der Waals surface area (Å²) in [6.45, 7) is 1.80. The highest BCUT2D eigenvalue weighted by atomic mass is 16.4. The van der Waals surface area contributed by atoms with Crippen LogP contribution in [0.3, 0.4) is 0 Å². The first kappa shape index (κ1) is 12.1. The van der Waals surface area contributed by atoms with Gasteiger partial charge in [-0.1, -0.05) is 31.5 Å². The van der Waals surface area contributed by atoms with E-state index in [4.69, 9.17) is 5.39 Å². The number of hydrogen-bond acceptors (Lipinski definition) is 3. The van der Waals surface area contributed by atoms with E-state index in [9.17, 15) is 9.90 Å². The molecule has 0 unspecified atom stereocenters. The van der Waals surface area contributed by atoms with Crippen LogP contribution in [0.2, 0.25) is 0 Å². The molecule has 0 aliphatic heterocycles. The number of aliphatic carboxylic acids is 1. The minimum Gasteiger partial charge on any atom is -0.550 e. The number of carboxylic acid groups (broad SMARTS) is 1. The first-order valence-electron chi connectivity index (χ1n) is 4.30. The summed E-state index contributed by atoms with van der Waals surface area (Å²) in [7, 11) is 0. The zero-order valence-electron chi connectivity index (χ0n) is 8.01. The zero-order chi connectivity index (χ0) is 10.8. The van der Waals surface area contributed by atoms with Crippen molar-refractivity contribution in [1.82, 2.24) is 0 Å². The van der Waals surface area contributed by atoms with E-state index in [2.05, 4.69) is 4.98 Å². The predicted octanol–water partition coefficient (Wildman–Crippen LogP) is 1.71. The molecule has 4 heteroatoms. The molecule has 0 amide bonds. The summed E-state index contributed by atoms with van der Waals surface area (Å²) in [5, 5.41) is 17.7. The van der Waals surface area contributed by atoms with E-state index in [0.717, 1.165) is 0 Å². The Balaban J connectivity index is 0.000000255. The van der Waals surface area contributed by atoms with Gasteiger partial charge in [0.1, 0.15) is 0 Å². The third kappa shape index (κ3) is 6.80. The lowest BCUT2D eigenvalue weighted by atomic mass is 10.3. The lowest BCUT2D eigenvalue weighted by molar-refractivity contribution is -0.305. The summed E-state index contributed by atoms with van der Waals surface area (Å²) in [6.07, 6.45) is 0.850. The Morgan fingerprint density at radius 2 is 2.00 bits per heavy atom. The molecule has 4 nitrogen and oxygen atoms in total. The van der Waals surface area contributed by atoms with Crippen molar-refractivity contribution in [2.45, 2.75) is 19.8 Å². The number of carbonyl (C=O) groups is 1. The molecular formula is C10H12N2O2. The summed E-state index contributed by atoms with van der Waals surface area (Å²) in [5.41, 5.74) is 0.590. The second-order valence-electron chi connectivity index (χ2n) is 2.56. The third-order valence-electron chi connectivity index (χ3n) is 1.33. The van der Waals surface area contributed by atoms with Gasteiger partial charge in [0, 0.05) is 18.1 Å². The van der Waals surface area contributed by atoms with Crippen LogP contribution in [0.5, 0.6) is 0 Å². The number of diazo groups is 1. The van der Waals surface area contributed by atoms with E-state index < -0.39 is 5.97 Å². The maximum absolute atomic E-state index is 9.49. The summed E-state index contributed by atoms with van der Waals surface area (Å²) >= 11 is 0. The van der Waals surface area contributed by atoms with Gasteiger partial charge in [-0.3, -0.25) is 0 Å². The fraction of sp³-hybridized carbons (Fsp3) is 0.300. The van der Waals surface area contributed by atoms with Gasteiger partial charge in [0.05, 0.1) is 0 Å². The maximum atomic E-state index is 9.49. The average molecular weight is 192 g/mol. The molecule has 1 rings (SSSR count). The second-order valence-corrected chi connectivity index (χ2v) is 2.56. The van der Waals surface area contributed by atoms with Crippen LogP contribution in [-0.4, -0.2) is 5.97 Å². The summed E-state index contributed by atoms with van der Waals surface area (Å²) in [6, 6.07) is 8.94. The number of hydrogen-bond donors (Lipinski definition) is 0. The predicted molar refractivity (Wildman–Crippen MR) is 51.1 cm³/mol. The van der Waals surface area contributed by atoms with Crippen LogP contribution in [0, 0.1) is 5.39 Å². The minimum atomic E-state index is -0.961. The van der Waals surface area contributed by atoms with E-state index in [-0.39, 0.29) is 6.42 Å². The van der Waals surface area contributed by atoms with Gasteiger partial charge in [0.25, 0.3) is 0 Å². The van der Waals surface area contributed by atoms with Crippen LogP contribution in [0.4, 0.5) is 5.69 Å². The molecule has 0 radical (unpaired) electrons. The van der Waals surface area contributed by atoms with E-state index in [1.807, 2.05) is 18.2 Å². The number of benzene rings is 1. The van der Waals surface area contributed by atoms with Gasteiger partial charge in [-0.05, 0) is 6.42 Å². The lowest BCUT2D eigenvalue weighted by Crippen LogP contribution is -2.20. The first-order chi connectivity index (χ1) is 6.70. The molecule has 1 aromatic rings. The number of carbonyl (C=O) groups excluding carboxylic acids is 1. The molecule has 14 heavy (non-hydrogen) atoms. The molecule has 0 aliphatic carbocycles. The quantitative estimate of drug-likeness (QED) is 0.670. The van der Waals surface area contributed by atoms with Crippen molar-refractivity contribution in [3.05, 3.63) is 35.3 Å². The number of rotatable bonds is 2. The topological polar surface area (TPSA) is 68.3 Å². The van der Waals surface area contributed by atoms with Crippen LogP contribution < -0.4 is 5.11 Å². The molecule has 0 heterocycles. The molecule has 0 aliphatic rings. The van der Waals surface area contributed by atoms with E-state index >= 15 is 0 Å². The molecule has 0 aromatic heterocycles. The number of nitrogens with zero attached hydrogens (tertiary/aromatic N) is 2. The van der Waals surface area contributed by atoms with Gasteiger partial charge in [0.15, 0.2) is 4.98 Å². The van der Waals surface area contributed by atoms with Crippen molar-refractivity contribution in [2.24, 2.45) is 0 Å². The highest BCUT2D eigenvalue weighted by Gasteiger charge is 1.95. The molecule has 0 bridgehead atoms. The van der Waals surface area contributed by atoms with Gasteiger partial charge in [0.2, 0.25) is 5.39 Å². The van der Waals surface area contributed by atoms with Crippen LogP contribution in [0.25, 0.3) is 4.98 Å². The van der Waals surface area contributed by atoms with Gasteiger partial charge in [-0.15, -0.1) is 0 Å². The van der Waals surface area contributed by atoms with Gasteiger partial charge in [-0.2, -0.15) is 0 Å². The van der Waals surface area contributed by atoms with Crippen LogP contribution in [-0.2, 0) is 4.79 Å². The second kappa shape index (κ2) is 7.74. The van der Waals surface area contributed by atoms with Gasteiger partial charge >= 0.3 is 5.69 Å². The van der Waals surface area contributed by atoms with Crippen LogP contribution in [0.1, 0.15) is 19.8 Å². The molecule has 0 saturated heterocycles. The van der Waals surface area contributed by atoms with E-state index in [0.29, 0.717) is 12.1 Å². The fourth-order valence-corrected chi connectivity index (χ4v) is 0.699. The lowest BCUT2D eigenvalue weighted by Gasteiger charge is -1.92.